The number of carbonyl (C=O) groups is 1. The van der Waals surface area contributed by atoms with Gasteiger partial charge in [-0.25, -0.2) is 10.8 Å². The van der Waals surface area contributed by atoms with Crippen molar-refractivity contribution in [3.8, 4) is 0 Å². The van der Waals surface area contributed by atoms with Gasteiger partial charge in [0.05, 0.1) is 5.25 Å². The van der Waals surface area contributed by atoms with Crippen LogP contribution in [0.5, 0.6) is 0 Å². The number of hydrazine groups is 1. The van der Waals surface area contributed by atoms with E-state index < -0.39 is 0 Å². The van der Waals surface area contributed by atoms with E-state index in [2.05, 4.69) is 10.4 Å². The highest BCUT2D eigenvalue weighted by Crippen LogP contribution is 2.32. The summed E-state index contributed by atoms with van der Waals surface area (Å²) in [5.74, 6) is 4.82. The van der Waals surface area contributed by atoms with Crippen LogP contribution in [-0.2, 0) is 4.79 Å². The van der Waals surface area contributed by atoms with Gasteiger partial charge < -0.3 is 0 Å². The molecule has 1 aromatic heterocycles. The standard InChI is InChI=1S/C8H11N3OS2/c1-6(8(12)11-9)13-14-7-4-2-3-5-10-7/h2-6H,9H2,1H3,(H,11,12). The van der Waals surface area contributed by atoms with Crippen molar-refractivity contribution in [3.05, 3.63) is 24.4 Å². The van der Waals surface area contributed by atoms with E-state index in [0.29, 0.717) is 0 Å². The molecule has 1 atom stereocenters. The van der Waals surface area contributed by atoms with Crippen LogP contribution in [0, 0.1) is 0 Å². The molecule has 1 unspecified atom stereocenters. The summed E-state index contributed by atoms with van der Waals surface area (Å²) in [5.41, 5.74) is 2.11. The molecule has 0 aromatic carbocycles. The fourth-order valence-electron chi connectivity index (χ4n) is 0.679. The van der Waals surface area contributed by atoms with Gasteiger partial charge in [0, 0.05) is 6.20 Å². The number of carbonyl (C=O) groups excluding carboxylic acids is 1. The first-order valence-corrected chi connectivity index (χ1v) is 6.20. The van der Waals surface area contributed by atoms with E-state index in [4.69, 9.17) is 5.84 Å². The Balaban J connectivity index is 2.38. The minimum atomic E-state index is -0.188. The Morgan fingerprint density at radius 1 is 1.64 bits per heavy atom. The SMILES string of the molecule is CC(SSc1ccccn1)C(=O)NN. The Morgan fingerprint density at radius 3 is 3.00 bits per heavy atom. The highest BCUT2D eigenvalue weighted by molar-refractivity contribution is 8.77. The van der Waals surface area contributed by atoms with E-state index in [1.165, 1.54) is 21.6 Å². The maximum atomic E-state index is 11.0. The lowest BCUT2D eigenvalue weighted by molar-refractivity contribution is -0.120. The first-order chi connectivity index (χ1) is 6.74. The zero-order valence-corrected chi connectivity index (χ0v) is 9.27. The van der Waals surface area contributed by atoms with Crippen molar-refractivity contribution in [3.63, 3.8) is 0 Å². The Bertz CT molecular complexity index is 294. The highest BCUT2D eigenvalue weighted by Gasteiger charge is 2.12. The van der Waals surface area contributed by atoms with Crippen molar-refractivity contribution in [2.75, 3.05) is 0 Å². The number of nitrogens with one attached hydrogen (secondary N) is 1. The molecule has 1 heterocycles. The summed E-state index contributed by atoms with van der Waals surface area (Å²) in [6.45, 7) is 1.79. The number of hydrogen-bond acceptors (Lipinski definition) is 5. The van der Waals surface area contributed by atoms with Crippen molar-refractivity contribution in [1.82, 2.24) is 10.4 Å². The molecule has 0 aliphatic rings. The van der Waals surface area contributed by atoms with Crippen LogP contribution in [0.15, 0.2) is 29.4 Å². The van der Waals surface area contributed by atoms with Gasteiger partial charge in [-0.3, -0.25) is 10.2 Å². The van der Waals surface area contributed by atoms with E-state index in [9.17, 15) is 4.79 Å². The zero-order chi connectivity index (χ0) is 10.4. The van der Waals surface area contributed by atoms with Crippen LogP contribution in [0.1, 0.15) is 6.92 Å². The lowest BCUT2D eigenvalue weighted by Gasteiger charge is -2.07. The van der Waals surface area contributed by atoms with Crippen molar-refractivity contribution >= 4 is 27.5 Å². The second-order valence-corrected chi connectivity index (χ2v) is 5.06. The van der Waals surface area contributed by atoms with Gasteiger partial charge in [0.25, 0.3) is 0 Å². The summed E-state index contributed by atoms with van der Waals surface area (Å²) >= 11 is 0. The second-order valence-electron chi connectivity index (χ2n) is 2.50. The van der Waals surface area contributed by atoms with Gasteiger partial charge in [-0.05, 0) is 29.9 Å². The molecule has 3 N–H and O–H groups in total. The fraction of sp³-hybridized carbons (Fsp3) is 0.250. The molecule has 1 amide bonds. The lowest BCUT2D eigenvalue weighted by Crippen LogP contribution is -2.35. The molecule has 14 heavy (non-hydrogen) atoms. The van der Waals surface area contributed by atoms with Crippen LogP contribution in [0.2, 0.25) is 0 Å². The molecule has 0 aliphatic carbocycles. The molecule has 0 saturated carbocycles. The van der Waals surface area contributed by atoms with E-state index in [1.807, 2.05) is 18.2 Å². The van der Waals surface area contributed by atoms with Crippen LogP contribution in [0.25, 0.3) is 0 Å². The Labute approximate surface area is 90.4 Å². The largest absolute Gasteiger partial charge is 0.293 e. The molecule has 6 heteroatoms. The maximum Gasteiger partial charge on any atom is 0.247 e. The average molecular weight is 229 g/mol. The normalized spacial score (nSPS) is 12.1. The van der Waals surface area contributed by atoms with Crippen LogP contribution < -0.4 is 11.3 Å². The fourth-order valence-corrected chi connectivity index (χ4v) is 2.60. The predicted octanol–water partition coefficient (Wildman–Crippen LogP) is 1.20. The van der Waals surface area contributed by atoms with Gasteiger partial charge in [0.1, 0.15) is 5.03 Å². The third-order valence-electron chi connectivity index (χ3n) is 1.43. The van der Waals surface area contributed by atoms with Gasteiger partial charge in [-0.15, -0.1) is 0 Å². The number of pyridine rings is 1. The van der Waals surface area contributed by atoms with E-state index >= 15 is 0 Å². The Kier molecular flexibility index (Phi) is 4.78. The first-order valence-electron chi connectivity index (χ1n) is 3.99. The van der Waals surface area contributed by atoms with Gasteiger partial charge in [0.15, 0.2) is 0 Å². The number of nitrogens with two attached hydrogens (primary N) is 1. The van der Waals surface area contributed by atoms with E-state index in [-0.39, 0.29) is 11.2 Å². The van der Waals surface area contributed by atoms with Crippen LogP contribution >= 0.6 is 21.6 Å². The van der Waals surface area contributed by atoms with Crippen molar-refractivity contribution in [2.45, 2.75) is 17.2 Å². The second kappa shape index (κ2) is 5.90. The molecule has 1 aromatic rings. The quantitative estimate of drug-likeness (QED) is 0.351. The highest BCUT2D eigenvalue weighted by atomic mass is 33.1. The predicted molar refractivity (Wildman–Crippen MR) is 59.5 cm³/mol. The average Bonchev–Trinajstić information content (AvgIpc) is 2.26. The summed E-state index contributed by atoms with van der Waals surface area (Å²) in [5, 5.41) is 0.696. The summed E-state index contributed by atoms with van der Waals surface area (Å²) < 4.78 is 0. The third kappa shape index (κ3) is 3.57. The monoisotopic (exact) mass is 229 g/mol. The molecule has 0 saturated heterocycles. The molecular formula is C8H11N3OS2. The molecule has 76 valence electrons. The molecule has 4 nitrogen and oxygen atoms in total. The van der Waals surface area contributed by atoms with Crippen LogP contribution in [0.3, 0.4) is 0 Å². The van der Waals surface area contributed by atoms with Crippen LogP contribution in [0.4, 0.5) is 0 Å². The first kappa shape index (κ1) is 11.4. The smallest absolute Gasteiger partial charge is 0.247 e. The van der Waals surface area contributed by atoms with Crippen LogP contribution in [-0.4, -0.2) is 16.1 Å². The summed E-state index contributed by atoms with van der Waals surface area (Å²) in [4.78, 5) is 15.2. The maximum absolute atomic E-state index is 11.0. The number of amides is 1. The molecule has 0 radical (unpaired) electrons. The number of hydrogen-bond donors (Lipinski definition) is 2. The third-order valence-corrected chi connectivity index (χ3v) is 4.11. The van der Waals surface area contributed by atoms with E-state index in [1.54, 1.807) is 13.1 Å². The summed E-state index contributed by atoms with van der Waals surface area (Å²) in [6, 6.07) is 5.65. The van der Waals surface area contributed by atoms with Crippen molar-refractivity contribution < 1.29 is 4.79 Å². The van der Waals surface area contributed by atoms with Gasteiger partial charge in [-0.1, -0.05) is 16.9 Å². The molecule has 0 aliphatic heterocycles. The minimum absolute atomic E-state index is 0.182. The number of nitrogens with zero attached hydrogens (tertiary/aromatic N) is 1. The lowest BCUT2D eigenvalue weighted by atomic mass is 10.5. The summed E-state index contributed by atoms with van der Waals surface area (Å²) in [6.07, 6.45) is 1.72. The van der Waals surface area contributed by atoms with Crippen molar-refractivity contribution in [1.29, 1.82) is 0 Å². The molecule has 0 bridgehead atoms. The molecule has 1 rings (SSSR count). The number of rotatable bonds is 4. The van der Waals surface area contributed by atoms with Gasteiger partial charge in [0.2, 0.25) is 5.91 Å². The Hall–Kier alpha value is -0.720. The Morgan fingerprint density at radius 2 is 2.43 bits per heavy atom. The minimum Gasteiger partial charge on any atom is -0.293 e. The van der Waals surface area contributed by atoms with Gasteiger partial charge in [-0.2, -0.15) is 0 Å². The van der Waals surface area contributed by atoms with Crippen molar-refractivity contribution in [2.24, 2.45) is 5.84 Å². The summed E-state index contributed by atoms with van der Waals surface area (Å²) in [7, 11) is 2.89. The number of aromatic nitrogens is 1. The molecular weight excluding hydrogens is 218 g/mol. The van der Waals surface area contributed by atoms with E-state index in [0.717, 1.165) is 5.03 Å². The van der Waals surface area contributed by atoms with Gasteiger partial charge >= 0.3 is 0 Å². The zero-order valence-electron chi connectivity index (χ0n) is 7.64. The topological polar surface area (TPSA) is 68.0 Å². The molecule has 0 spiro atoms. The molecule has 0 fully saturated rings.